The lowest BCUT2D eigenvalue weighted by Crippen LogP contribution is -2.32. The Bertz CT molecular complexity index is 630. The molecule has 2 aromatic carbocycles. The van der Waals surface area contributed by atoms with Crippen molar-refractivity contribution >= 4 is 0 Å². The van der Waals surface area contributed by atoms with E-state index in [1.165, 1.54) is 12.1 Å². The molecule has 1 aliphatic rings. The molecule has 1 aliphatic heterocycles. The summed E-state index contributed by atoms with van der Waals surface area (Å²) in [6, 6.07) is 10.8. The predicted molar refractivity (Wildman–Crippen MR) is 72.4 cm³/mol. The van der Waals surface area contributed by atoms with Crippen LogP contribution < -0.4 is 10.5 Å². The van der Waals surface area contributed by atoms with E-state index in [0.717, 1.165) is 23.8 Å². The summed E-state index contributed by atoms with van der Waals surface area (Å²) >= 11 is 0. The van der Waals surface area contributed by atoms with Crippen LogP contribution in [-0.4, -0.2) is 6.61 Å². The lowest BCUT2D eigenvalue weighted by Gasteiger charge is -2.29. The van der Waals surface area contributed by atoms with Crippen molar-refractivity contribution in [1.29, 1.82) is 0 Å². The molecular weight excluding hydrogens is 260 g/mol. The van der Waals surface area contributed by atoms with Gasteiger partial charge in [0.2, 0.25) is 0 Å². The normalized spacial score (nSPS) is 19.1. The van der Waals surface area contributed by atoms with Crippen LogP contribution >= 0.6 is 0 Å². The van der Waals surface area contributed by atoms with Crippen molar-refractivity contribution in [2.24, 2.45) is 11.7 Å². The summed E-state index contributed by atoms with van der Waals surface area (Å²) in [5.74, 6) is -0.361. The highest BCUT2D eigenvalue weighted by Gasteiger charge is 2.27. The second-order valence-electron chi connectivity index (χ2n) is 5.07. The van der Waals surface area contributed by atoms with E-state index in [1.807, 2.05) is 24.3 Å². The molecule has 0 fully saturated rings. The zero-order valence-electron chi connectivity index (χ0n) is 10.9. The second kappa shape index (κ2) is 5.21. The fourth-order valence-electron chi connectivity index (χ4n) is 2.61. The maximum Gasteiger partial charge on any atom is 0.130 e. The van der Waals surface area contributed by atoms with Gasteiger partial charge < -0.3 is 10.5 Å². The van der Waals surface area contributed by atoms with Crippen molar-refractivity contribution in [3.05, 3.63) is 65.2 Å². The molecule has 104 valence electrons. The first kappa shape index (κ1) is 13.1. The average molecular weight is 275 g/mol. The number of benzene rings is 2. The first-order valence-corrected chi connectivity index (χ1v) is 6.56. The number of hydrogen-bond donors (Lipinski definition) is 1. The molecule has 2 nitrogen and oxygen atoms in total. The Morgan fingerprint density at radius 3 is 2.75 bits per heavy atom. The topological polar surface area (TPSA) is 35.2 Å². The smallest absolute Gasteiger partial charge is 0.130 e. The fraction of sp³-hybridized carbons (Fsp3) is 0.250. The maximum atomic E-state index is 13.8. The van der Waals surface area contributed by atoms with Gasteiger partial charge in [-0.15, -0.1) is 0 Å². The van der Waals surface area contributed by atoms with E-state index in [4.69, 9.17) is 10.5 Å². The third-order valence-corrected chi connectivity index (χ3v) is 3.74. The van der Waals surface area contributed by atoms with E-state index in [9.17, 15) is 8.78 Å². The molecule has 0 saturated carbocycles. The lowest BCUT2D eigenvalue weighted by molar-refractivity contribution is 0.198. The largest absolute Gasteiger partial charge is 0.493 e. The van der Waals surface area contributed by atoms with E-state index in [2.05, 4.69) is 0 Å². The Morgan fingerprint density at radius 1 is 1.15 bits per heavy atom. The van der Waals surface area contributed by atoms with Gasteiger partial charge in [-0.1, -0.05) is 24.3 Å². The molecule has 0 saturated heterocycles. The van der Waals surface area contributed by atoms with Gasteiger partial charge in [0.1, 0.15) is 17.4 Å². The van der Waals surface area contributed by atoms with E-state index in [0.29, 0.717) is 12.2 Å². The number of para-hydroxylation sites is 1. The third-order valence-electron chi connectivity index (χ3n) is 3.74. The minimum absolute atomic E-state index is 0.0233. The highest BCUT2D eigenvalue weighted by atomic mass is 19.1. The number of ether oxygens (including phenoxy) is 1. The van der Waals surface area contributed by atoms with Gasteiger partial charge in [0.15, 0.2) is 0 Å². The number of halogens is 2. The van der Waals surface area contributed by atoms with Gasteiger partial charge in [-0.05, 0) is 24.1 Å². The molecule has 0 spiro atoms. The second-order valence-corrected chi connectivity index (χ2v) is 5.07. The van der Waals surface area contributed by atoms with E-state index in [1.54, 1.807) is 0 Å². The quantitative estimate of drug-likeness (QED) is 0.913. The summed E-state index contributed by atoms with van der Waals surface area (Å²) < 4.78 is 32.4. The van der Waals surface area contributed by atoms with Crippen LogP contribution in [0.3, 0.4) is 0 Å². The van der Waals surface area contributed by atoms with Gasteiger partial charge >= 0.3 is 0 Å². The van der Waals surface area contributed by atoms with Gasteiger partial charge in [0, 0.05) is 23.6 Å². The molecule has 2 N–H and O–H groups in total. The first-order chi connectivity index (χ1) is 9.65. The minimum atomic E-state index is -0.601. The summed E-state index contributed by atoms with van der Waals surface area (Å²) in [4.78, 5) is 0. The number of hydrogen-bond acceptors (Lipinski definition) is 2. The predicted octanol–water partition coefficient (Wildman–Crippen LogP) is 3.22. The number of rotatable bonds is 2. The van der Waals surface area contributed by atoms with E-state index >= 15 is 0 Å². The third kappa shape index (κ3) is 2.39. The van der Waals surface area contributed by atoms with Gasteiger partial charge in [0.25, 0.3) is 0 Å². The molecule has 3 rings (SSSR count). The highest BCUT2D eigenvalue weighted by molar-refractivity contribution is 5.36. The van der Waals surface area contributed by atoms with Crippen LogP contribution in [0.1, 0.15) is 17.2 Å². The Hall–Kier alpha value is -1.94. The molecule has 1 heterocycles. The Kier molecular flexibility index (Phi) is 3.40. The number of fused-ring (bicyclic) bond motifs is 1. The molecule has 2 atom stereocenters. The SMILES string of the molecule is NC(c1ccc(F)cc1F)C1COc2ccccc2C1. The molecule has 0 bridgehead atoms. The molecule has 0 aliphatic carbocycles. The molecule has 0 radical (unpaired) electrons. The average Bonchev–Trinajstić information content (AvgIpc) is 2.46. The first-order valence-electron chi connectivity index (χ1n) is 6.56. The Morgan fingerprint density at radius 2 is 1.95 bits per heavy atom. The highest BCUT2D eigenvalue weighted by Crippen LogP contribution is 2.33. The van der Waals surface area contributed by atoms with Crippen LogP contribution in [0.2, 0.25) is 0 Å². The van der Waals surface area contributed by atoms with Crippen molar-refractivity contribution in [3.63, 3.8) is 0 Å². The molecule has 4 heteroatoms. The molecule has 0 amide bonds. The van der Waals surface area contributed by atoms with Crippen LogP contribution in [0.5, 0.6) is 5.75 Å². The summed E-state index contributed by atoms with van der Waals surface area (Å²) in [5.41, 5.74) is 7.54. The van der Waals surface area contributed by atoms with Crippen LogP contribution in [0.4, 0.5) is 8.78 Å². The molecule has 0 aromatic heterocycles. The van der Waals surface area contributed by atoms with Crippen LogP contribution in [-0.2, 0) is 6.42 Å². The van der Waals surface area contributed by atoms with Crippen molar-refractivity contribution in [2.75, 3.05) is 6.61 Å². The van der Waals surface area contributed by atoms with Crippen molar-refractivity contribution in [2.45, 2.75) is 12.5 Å². The zero-order chi connectivity index (χ0) is 14.1. The summed E-state index contributed by atoms with van der Waals surface area (Å²) in [5, 5.41) is 0. The maximum absolute atomic E-state index is 13.8. The molecule has 2 aromatic rings. The summed E-state index contributed by atoms with van der Waals surface area (Å²) in [6.45, 7) is 0.439. The summed E-state index contributed by atoms with van der Waals surface area (Å²) in [7, 11) is 0. The van der Waals surface area contributed by atoms with Gasteiger partial charge in [-0.25, -0.2) is 8.78 Å². The van der Waals surface area contributed by atoms with Crippen molar-refractivity contribution in [1.82, 2.24) is 0 Å². The standard InChI is InChI=1S/C16H15F2NO/c17-12-5-6-13(14(18)8-12)16(19)11-7-10-3-1-2-4-15(10)20-9-11/h1-6,8,11,16H,7,9,19H2. The van der Waals surface area contributed by atoms with Crippen molar-refractivity contribution in [3.8, 4) is 5.75 Å². The monoisotopic (exact) mass is 275 g/mol. The van der Waals surface area contributed by atoms with Crippen molar-refractivity contribution < 1.29 is 13.5 Å². The fourth-order valence-corrected chi connectivity index (χ4v) is 2.61. The molecule has 20 heavy (non-hydrogen) atoms. The van der Waals surface area contributed by atoms with Crippen LogP contribution in [0, 0.1) is 17.6 Å². The molecule has 2 unspecified atom stereocenters. The molecular formula is C16H15F2NO. The lowest BCUT2D eigenvalue weighted by atomic mass is 9.87. The Labute approximate surface area is 116 Å². The van der Waals surface area contributed by atoms with Gasteiger partial charge in [-0.2, -0.15) is 0 Å². The van der Waals surface area contributed by atoms with E-state index in [-0.39, 0.29) is 5.92 Å². The van der Waals surface area contributed by atoms with Crippen LogP contribution in [0.25, 0.3) is 0 Å². The summed E-state index contributed by atoms with van der Waals surface area (Å²) in [6.07, 6.45) is 0.730. The van der Waals surface area contributed by atoms with Gasteiger partial charge in [0.05, 0.1) is 6.61 Å². The Balaban J connectivity index is 1.84. The van der Waals surface area contributed by atoms with Gasteiger partial charge in [-0.3, -0.25) is 0 Å². The minimum Gasteiger partial charge on any atom is -0.493 e. The van der Waals surface area contributed by atoms with E-state index < -0.39 is 17.7 Å². The number of nitrogens with two attached hydrogens (primary N) is 1. The zero-order valence-corrected chi connectivity index (χ0v) is 10.9. The van der Waals surface area contributed by atoms with Crippen LogP contribution in [0.15, 0.2) is 42.5 Å².